The fourth-order valence-electron chi connectivity index (χ4n) is 1.52. The predicted octanol–water partition coefficient (Wildman–Crippen LogP) is 2.49. The molecule has 4 heteroatoms. The second-order valence-corrected chi connectivity index (χ2v) is 4.57. The lowest BCUT2D eigenvalue weighted by molar-refractivity contribution is 0.193. The molecule has 1 atom stereocenters. The van der Waals surface area contributed by atoms with Crippen LogP contribution in [0, 0.1) is 0 Å². The number of ether oxygens (including phenoxy) is 2. The van der Waals surface area contributed by atoms with E-state index in [1.807, 2.05) is 18.2 Å². The average molecular weight is 242 g/mol. The Morgan fingerprint density at radius 3 is 2.25 bits per heavy atom. The van der Waals surface area contributed by atoms with Crippen LogP contribution >= 0.6 is 11.8 Å². The third kappa shape index (κ3) is 3.06. The molecule has 1 unspecified atom stereocenters. The Morgan fingerprint density at radius 2 is 1.81 bits per heavy atom. The van der Waals surface area contributed by atoms with E-state index in [-0.39, 0.29) is 0 Å². The highest BCUT2D eigenvalue weighted by molar-refractivity contribution is 7.99. The van der Waals surface area contributed by atoms with Crippen LogP contribution < -0.4 is 9.47 Å². The van der Waals surface area contributed by atoms with E-state index in [4.69, 9.17) is 9.47 Å². The van der Waals surface area contributed by atoms with Gasteiger partial charge in [-0.1, -0.05) is 13.0 Å². The van der Waals surface area contributed by atoms with Crippen LogP contribution in [0.25, 0.3) is 0 Å². The van der Waals surface area contributed by atoms with Gasteiger partial charge in [0.05, 0.1) is 25.9 Å². The van der Waals surface area contributed by atoms with Crippen LogP contribution in [0.2, 0.25) is 0 Å². The fraction of sp³-hybridized carbons (Fsp3) is 0.500. The molecule has 0 fully saturated rings. The summed E-state index contributed by atoms with van der Waals surface area (Å²) in [7, 11) is 3.19. The second-order valence-electron chi connectivity index (χ2n) is 3.25. The first-order valence-electron chi connectivity index (χ1n) is 5.21. The van der Waals surface area contributed by atoms with Gasteiger partial charge >= 0.3 is 0 Å². The van der Waals surface area contributed by atoms with Crippen molar-refractivity contribution in [1.29, 1.82) is 0 Å². The summed E-state index contributed by atoms with van der Waals surface area (Å²) in [5, 5.41) is 10.1. The predicted molar refractivity (Wildman–Crippen MR) is 67.5 cm³/mol. The monoisotopic (exact) mass is 242 g/mol. The lowest BCUT2D eigenvalue weighted by Crippen LogP contribution is -2.06. The highest BCUT2D eigenvalue weighted by Crippen LogP contribution is 2.35. The first kappa shape index (κ1) is 13.2. The van der Waals surface area contributed by atoms with Crippen LogP contribution in [-0.4, -0.2) is 30.8 Å². The molecule has 0 aromatic heterocycles. The molecule has 0 spiro atoms. The number of methoxy groups -OCH3 is 2. The van der Waals surface area contributed by atoms with E-state index in [1.54, 1.807) is 26.0 Å². The number of hydrogen-bond donors (Lipinski definition) is 1. The van der Waals surface area contributed by atoms with E-state index in [2.05, 4.69) is 6.92 Å². The molecule has 0 heterocycles. The highest BCUT2D eigenvalue weighted by Gasteiger charge is 2.18. The van der Waals surface area contributed by atoms with Crippen LogP contribution in [0.15, 0.2) is 18.2 Å². The molecular formula is C12H18O3S. The Kier molecular flexibility index (Phi) is 5.49. The summed E-state index contributed by atoms with van der Waals surface area (Å²) in [6.07, 6.45) is -0.559. The molecule has 0 aliphatic heterocycles. The molecule has 90 valence electrons. The van der Waals surface area contributed by atoms with E-state index in [9.17, 15) is 5.11 Å². The zero-order chi connectivity index (χ0) is 12.0. The van der Waals surface area contributed by atoms with E-state index in [0.717, 1.165) is 11.3 Å². The quantitative estimate of drug-likeness (QED) is 0.832. The molecular weight excluding hydrogens is 224 g/mol. The van der Waals surface area contributed by atoms with Gasteiger partial charge in [0.15, 0.2) is 0 Å². The topological polar surface area (TPSA) is 38.7 Å². The Bertz CT molecular complexity index is 306. The largest absolute Gasteiger partial charge is 0.496 e. The zero-order valence-corrected chi connectivity index (χ0v) is 10.7. The van der Waals surface area contributed by atoms with E-state index >= 15 is 0 Å². The molecule has 3 nitrogen and oxygen atoms in total. The number of rotatable bonds is 6. The molecule has 16 heavy (non-hydrogen) atoms. The lowest BCUT2D eigenvalue weighted by atomic mass is 10.1. The van der Waals surface area contributed by atoms with Crippen molar-refractivity contribution in [3.05, 3.63) is 23.8 Å². The summed E-state index contributed by atoms with van der Waals surface area (Å²) in [5.41, 5.74) is 0.730. The molecule has 0 amide bonds. The van der Waals surface area contributed by atoms with Crippen LogP contribution in [0.1, 0.15) is 18.6 Å². The van der Waals surface area contributed by atoms with Gasteiger partial charge in [-0.05, 0) is 17.9 Å². The van der Waals surface area contributed by atoms with Crippen molar-refractivity contribution in [2.45, 2.75) is 13.0 Å². The van der Waals surface area contributed by atoms with Gasteiger partial charge in [-0.3, -0.25) is 0 Å². The summed E-state index contributed by atoms with van der Waals surface area (Å²) < 4.78 is 10.5. The molecule has 0 aliphatic carbocycles. The van der Waals surface area contributed by atoms with Gasteiger partial charge in [0.25, 0.3) is 0 Å². The fourth-order valence-corrected chi connectivity index (χ4v) is 2.15. The van der Waals surface area contributed by atoms with Gasteiger partial charge < -0.3 is 14.6 Å². The van der Waals surface area contributed by atoms with Crippen molar-refractivity contribution in [2.75, 3.05) is 25.7 Å². The second kappa shape index (κ2) is 6.66. The summed E-state index contributed by atoms with van der Waals surface area (Å²) in [6.45, 7) is 2.07. The molecule has 1 rings (SSSR count). The third-order valence-electron chi connectivity index (χ3n) is 2.28. The summed E-state index contributed by atoms with van der Waals surface area (Å²) in [4.78, 5) is 0. The van der Waals surface area contributed by atoms with Crippen molar-refractivity contribution in [3.8, 4) is 11.5 Å². The summed E-state index contributed by atoms with van der Waals surface area (Å²) >= 11 is 1.69. The molecule has 1 aromatic rings. The van der Waals surface area contributed by atoms with E-state index in [1.165, 1.54) is 0 Å². The maximum absolute atomic E-state index is 10.1. The van der Waals surface area contributed by atoms with Crippen LogP contribution in [-0.2, 0) is 0 Å². The Hall–Kier alpha value is -0.870. The third-order valence-corrected chi connectivity index (χ3v) is 3.24. The van der Waals surface area contributed by atoms with Crippen molar-refractivity contribution >= 4 is 11.8 Å². The standard InChI is InChI=1S/C12H18O3S/c1-4-16-8-9(13)12-10(14-2)6-5-7-11(12)15-3/h5-7,9,13H,4,8H2,1-3H3. The Labute approximate surface area is 101 Å². The van der Waals surface area contributed by atoms with Crippen molar-refractivity contribution in [3.63, 3.8) is 0 Å². The van der Waals surface area contributed by atoms with E-state index in [0.29, 0.717) is 17.3 Å². The minimum atomic E-state index is -0.559. The minimum Gasteiger partial charge on any atom is -0.496 e. The van der Waals surface area contributed by atoms with Crippen molar-refractivity contribution < 1.29 is 14.6 Å². The number of aliphatic hydroxyl groups excluding tert-OH is 1. The molecule has 0 aliphatic rings. The van der Waals surface area contributed by atoms with Gasteiger partial charge in [0.1, 0.15) is 11.5 Å². The SMILES string of the molecule is CCSCC(O)c1c(OC)cccc1OC. The molecule has 1 N–H and O–H groups in total. The summed E-state index contributed by atoms with van der Waals surface area (Å²) in [5.74, 6) is 2.97. The first-order chi connectivity index (χ1) is 7.74. The molecule has 0 saturated carbocycles. The molecule has 1 aromatic carbocycles. The van der Waals surface area contributed by atoms with Crippen LogP contribution in [0.3, 0.4) is 0 Å². The van der Waals surface area contributed by atoms with Crippen molar-refractivity contribution in [1.82, 2.24) is 0 Å². The summed E-state index contributed by atoms with van der Waals surface area (Å²) in [6, 6.07) is 5.51. The van der Waals surface area contributed by atoms with Crippen LogP contribution in [0.5, 0.6) is 11.5 Å². The maximum atomic E-state index is 10.1. The van der Waals surface area contributed by atoms with Crippen molar-refractivity contribution in [2.24, 2.45) is 0 Å². The van der Waals surface area contributed by atoms with Gasteiger partial charge in [-0.2, -0.15) is 11.8 Å². The number of thioether (sulfide) groups is 1. The first-order valence-corrected chi connectivity index (χ1v) is 6.36. The van der Waals surface area contributed by atoms with Gasteiger partial charge in [0, 0.05) is 5.75 Å². The van der Waals surface area contributed by atoms with Gasteiger partial charge in [-0.15, -0.1) is 0 Å². The van der Waals surface area contributed by atoms with E-state index < -0.39 is 6.10 Å². The molecule has 0 radical (unpaired) electrons. The normalized spacial score (nSPS) is 12.2. The number of hydrogen-bond acceptors (Lipinski definition) is 4. The zero-order valence-electron chi connectivity index (χ0n) is 9.90. The molecule has 0 saturated heterocycles. The van der Waals surface area contributed by atoms with Gasteiger partial charge in [-0.25, -0.2) is 0 Å². The minimum absolute atomic E-state index is 0.559. The Morgan fingerprint density at radius 1 is 1.25 bits per heavy atom. The van der Waals surface area contributed by atoms with Gasteiger partial charge in [0.2, 0.25) is 0 Å². The van der Waals surface area contributed by atoms with Crippen LogP contribution in [0.4, 0.5) is 0 Å². The number of aliphatic hydroxyl groups is 1. The maximum Gasteiger partial charge on any atom is 0.128 e. The Balaban J connectivity index is 2.97. The molecule has 0 bridgehead atoms. The lowest BCUT2D eigenvalue weighted by Gasteiger charge is -2.17. The highest BCUT2D eigenvalue weighted by atomic mass is 32.2. The average Bonchev–Trinajstić information content (AvgIpc) is 2.34. The smallest absolute Gasteiger partial charge is 0.128 e. The number of benzene rings is 1.